The molecule has 0 aromatic heterocycles. The molecular formula is C12H24N2O2. The average Bonchev–Trinajstić information content (AvgIpc) is 2.29. The fraction of sp³-hybridized carbons (Fsp3) is 0.917. The molecule has 0 saturated carbocycles. The molecular weight excluding hydrogens is 204 g/mol. The summed E-state index contributed by atoms with van der Waals surface area (Å²) in [4.78, 5) is 12.9. The Morgan fingerprint density at radius 3 is 2.94 bits per heavy atom. The largest absolute Gasteiger partial charge is 0.381 e. The van der Waals surface area contributed by atoms with Crippen molar-refractivity contribution in [1.29, 1.82) is 0 Å². The lowest BCUT2D eigenvalue weighted by atomic mass is 10.0. The molecule has 94 valence electrons. The van der Waals surface area contributed by atoms with Crippen molar-refractivity contribution in [2.75, 3.05) is 40.4 Å². The summed E-state index contributed by atoms with van der Waals surface area (Å²) in [5.41, 5.74) is 0. The van der Waals surface area contributed by atoms with Crippen LogP contribution in [0.1, 0.15) is 25.7 Å². The lowest BCUT2D eigenvalue weighted by Gasteiger charge is -2.22. The first kappa shape index (κ1) is 13.5. The Hall–Kier alpha value is -0.610. The first-order chi connectivity index (χ1) is 7.70. The van der Waals surface area contributed by atoms with E-state index < -0.39 is 0 Å². The molecule has 1 unspecified atom stereocenters. The number of carbonyl (C=O) groups excluding carboxylic acids is 1. The van der Waals surface area contributed by atoms with Gasteiger partial charge < -0.3 is 15.0 Å². The van der Waals surface area contributed by atoms with E-state index in [0.29, 0.717) is 12.3 Å². The number of amides is 1. The van der Waals surface area contributed by atoms with Gasteiger partial charge >= 0.3 is 0 Å². The van der Waals surface area contributed by atoms with Gasteiger partial charge in [0.2, 0.25) is 5.91 Å². The number of hydrogen-bond acceptors (Lipinski definition) is 3. The van der Waals surface area contributed by atoms with E-state index in [0.717, 1.165) is 32.7 Å². The maximum absolute atomic E-state index is 11.3. The second-order valence-corrected chi connectivity index (χ2v) is 4.68. The van der Waals surface area contributed by atoms with Crippen LogP contribution in [-0.4, -0.2) is 51.2 Å². The third-order valence-corrected chi connectivity index (χ3v) is 2.93. The molecule has 1 heterocycles. The smallest absolute Gasteiger partial charge is 0.222 e. The molecule has 0 aliphatic carbocycles. The van der Waals surface area contributed by atoms with E-state index in [1.165, 1.54) is 12.8 Å². The fourth-order valence-corrected chi connectivity index (χ4v) is 1.86. The number of carbonyl (C=O) groups is 1. The van der Waals surface area contributed by atoms with Crippen LogP contribution in [0.5, 0.6) is 0 Å². The summed E-state index contributed by atoms with van der Waals surface area (Å²) in [6.45, 7) is 3.77. The minimum Gasteiger partial charge on any atom is -0.381 e. The van der Waals surface area contributed by atoms with Crippen LogP contribution < -0.4 is 5.32 Å². The average molecular weight is 228 g/mol. The van der Waals surface area contributed by atoms with E-state index in [1.54, 1.807) is 19.0 Å². The molecule has 1 saturated heterocycles. The molecule has 1 amide bonds. The lowest BCUT2D eigenvalue weighted by molar-refractivity contribution is -0.128. The zero-order valence-electron chi connectivity index (χ0n) is 10.5. The molecule has 4 nitrogen and oxygen atoms in total. The molecule has 16 heavy (non-hydrogen) atoms. The van der Waals surface area contributed by atoms with Crippen LogP contribution in [-0.2, 0) is 9.53 Å². The van der Waals surface area contributed by atoms with Crippen molar-refractivity contribution in [2.24, 2.45) is 5.92 Å². The first-order valence-electron chi connectivity index (χ1n) is 6.18. The fourth-order valence-electron chi connectivity index (χ4n) is 1.86. The Balaban J connectivity index is 1.93. The van der Waals surface area contributed by atoms with Crippen molar-refractivity contribution < 1.29 is 9.53 Å². The molecule has 0 radical (unpaired) electrons. The van der Waals surface area contributed by atoms with Crippen molar-refractivity contribution in [3.63, 3.8) is 0 Å². The van der Waals surface area contributed by atoms with Crippen molar-refractivity contribution >= 4 is 5.91 Å². The van der Waals surface area contributed by atoms with Gasteiger partial charge in [-0.15, -0.1) is 0 Å². The third-order valence-electron chi connectivity index (χ3n) is 2.93. The van der Waals surface area contributed by atoms with Gasteiger partial charge in [0.15, 0.2) is 0 Å². The first-order valence-corrected chi connectivity index (χ1v) is 6.18. The highest BCUT2D eigenvalue weighted by atomic mass is 16.5. The van der Waals surface area contributed by atoms with Gasteiger partial charge in [-0.05, 0) is 31.7 Å². The van der Waals surface area contributed by atoms with Gasteiger partial charge in [-0.2, -0.15) is 0 Å². The zero-order valence-corrected chi connectivity index (χ0v) is 10.5. The number of ether oxygens (including phenoxy) is 1. The zero-order chi connectivity index (χ0) is 11.8. The summed E-state index contributed by atoms with van der Waals surface area (Å²) < 4.78 is 5.41. The standard InChI is InChI=1S/C12H24N2O2/c1-14(2)12(15)6-3-7-13-9-11-5-4-8-16-10-11/h11,13H,3-10H2,1-2H3. The predicted molar refractivity (Wildman–Crippen MR) is 64.3 cm³/mol. The highest BCUT2D eigenvalue weighted by molar-refractivity contribution is 5.75. The maximum Gasteiger partial charge on any atom is 0.222 e. The number of nitrogens with zero attached hydrogens (tertiary/aromatic N) is 1. The van der Waals surface area contributed by atoms with E-state index in [4.69, 9.17) is 4.74 Å². The Labute approximate surface area is 98.3 Å². The molecule has 0 bridgehead atoms. The molecule has 1 aliphatic rings. The molecule has 4 heteroatoms. The van der Waals surface area contributed by atoms with Crippen LogP contribution in [0, 0.1) is 5.92 Å². The second-order valence-electron chi connectivity index (χ2n) is 4.68. The normalized spacial score (nSPS) is 20.8. The van der Waals surface area contributed by atoms with Crippen LogP contribution in [0.2, 0.25) is 0 Å². The SMILES string of the molecule is CN(C)C(=O)CCCNCC1CCCOC1. The summed E-state index contributed by atoms with van der Waals surface area (Å²) in [7, 11) is 3.60. The molecule has 0 aromatic carbocycles. The monoisotopic (exact) mass is 228 g/mol. The van der Waals surface area contributed by atoms with Gasteiger partial charge in [0, 0.05) is 33.7 Å². The topological polar surface area (TPSA) is 41.6 Å². The molecule has 1 N–H and O–H groups in total. The summed E-state index contributed by atoms with van der Waals surface area (Å²) >= 11 is 0. The highest BCUT2D eigenvalue weighted by Crippen LogP contribution is 2.11. The van der Waals surface area contributed by atoms with Gasteiger partial charge in [-0.25, -0.2) is 0 Å². The summed E-state index contributed by atoms with van der Waals surface area (Å²) in [5, 5.41) is 3.40. The van der Waals surface area contributed by atoms with Crippen molar-refractivity contribution in [1.82, 2.24) is 10.2 Å². The van der Waals surface area contributed by atoms with Crippen LogP contribution >= 0.6 is 0 Å². The van der Waals surface area contributed by atoms with Crippen molar-refractivity contribution in [3.8, 4) is 0 Å². The van der Waals surface area contributed by atoms with Crippen molar-refractivity contribution in [2.45, 2.75) is 25.7 Å². The van der Waals surface area contributed by atoms with Gasteiger partial charge in [-0.1, -0.05) is 0 Å². The Bertz CT molecular complexity index is 201. The van der Waals surface area contributed by atoms with E-state index in [1.807, 2.05) is 0 Å². The van der Waals surface area contributed by atoms with Gasteiger partial charge in [0.25, 0.3) is 0 Å². The molecule has 0 aromatic rings. The summed E-state index contributed by atoms with van der Waals surface area (Å²) in [6.07, 6.45) is 4.01. The Kier molecular flexibility index (Phi) is 6.42. The minimum absolute atomic E-state index is 0.211. The van der Waals surface area contributed by atoms with Gasteiger partial charge in [0.1, 0.15) is 0 Å². The Morgan fingerprint density at radius 2 is 2.31 bits per heavy atom. The van der Waals surface area contributed by atoms with Crippen molar-refractivity contribution in [3.05, 3.63) is 0 Å². The van der Waals surface area contributed by atoms with Gasteiger partial charge in [0.05, 0.1) is 6.61 Å². The second kappa shape index (κ2) is 7.63. The van der Waals surface area contributed by atoms with E-state index in [2.05, 4.69) is 5.32 Å². The number of nitrogens with one attached hydrogen (secondary N) is 1. The lowest BCUT2D eigenvalue weighted by Crippen LogP contribution is -2.30. The molecule has 0 spiro atoms. The number of hydrogen-bond donors (Lipinski definition) is 1. The molecule has 1 atom stereocenters. The van der Waals surface area contributed by atoms with E-state index in [9.17, 15) is 4.79 Å². The maximum atomic E-state index is 11.3. The van der Waals surface area contributed by atoms with Crippen LogP contribution in [0.4, 0.5) is 0 Å². The molecule has 1 rings (SSSR count). The quantitative estimate of drug-likeness (QED) is 0.686. The van der Waals surface area contributed by atoms with Crippen LogP contribution in [0.25, 0.3) is 0 Å². The third kappa shape index (κ3) is 5.47. The minimum atomic E-state index is 0.211. The molecule has 1 aliphatic heterocycles. The van der Waals surface area contributed by atoms with Crippen LogP contribution in [0.3, 0.4) is 0 Å². The number of rotatable bonds is 6. The van der Waals surface area contributed by atoms with Gasteiger partial charge in [-0.3, -0.25) is 4.79 Å². The predicted octanol–water partition coefficient (Wildman–Crippen LogP) is 0.871. The van der Waals surface area contributed by atoms with E-state index in [-0.39, 0.29) is 5.91 Å². The highest BCUT2D eigenvalue weighted by Gasteiger charge is 2.12. The summed E-state index contributed by atoms with van der Waals surface area (Å²) in [6, 6.07) is 0. The summed E-state index contributed by atoms with van der Waals surface area (Å²) in [5.74, 6) is 0.876. The van der Waals surface area contributed by atoms with Crippen LogP contribution in [0.15, 0.2) is 0 Å². The van der Waals surface area contributed by atoms with E-state index >= 15 is 0 Å². The Morgan fingerprint density at radius 1 is 1.50 bits per heavy atom. The molecule has 1 fully saturated rings.